The van der Waals surface area contributed by atoms with Gasteiger partial charge in [0.1, 0.15) is 5.82 Å². The van der Waals surface area contributed by atoms with Crippen LogP contribution in [0.2, 0.25) is 0 Å². The number of hydrogen-bond donors (Lipinski definition) is 3. The minimum Gasteiger partial charge on any atom is -0.391 e. The van der Waals surface area contributed by atoms with E-state index in [0.717, 1.165) is 12.5 Å². The van der Waals surface area contributed by atoms with Gasteiger partial charge in [-0.15, -0.1) is 0 Å². The molecule has 1 atom stereocenters. The van der Waals surface area contributed by atoms with Gasteiger partial charge in [0, 0.05) is 19.2 Å². The molecular formula is C14H19FN2O3. The predicted octanol–water partition coefficient (Wildman–Crippen LogP) is 1.67. The molecule has 0 spiro atoms. The molecule has 2 amide bonds. The molecule has 1 unspecified atom stereocenters. The van der Waals surface area contributed by atoms with Crippen LogP contribution < -0.4 is 10.6 Å². The highest BCUT2D eigenvalue weighted by Gasteiger charge is 2.14. The Morgan fingerprint density at radius 2 is 2.10 bits per heavy atom. The van der Waals surface area contributed by atoms with Gasteiger partial charge in [0.05, 0.1) is 11.7 Å². The van der Waals surface area contributed by atoms with Gasteiger partial charge >= 0.3 is 0 Å². The normalized spacial score (nSPS) is 11.8. The summed E-state index contributed by atoms with van der Waals surface area (Å²) in [6, 6.07) is 3.75. The quantitative estimate of drug-likeness (QED) is 0.742. The van der Waals surface area contributed by atoms with Gasteiger partial charge in [-0.1, -0.05) is 13.3 Å². The van der Waals surface area contributed by atoms with Crippen molar-refractivity contribution in [1.29, 1.82) is 0 Å². The topological polar surface area (TPSA) is 78.4 Å². The largest absolute Gasteiger partial charge is 0.391 e. The maximum Gasteiger partial charge on any atom is 0.254 e. The van der Waals surface area contributed by atoms with Crippen LogP contribution in [0.25, 0.3) is 0 Å². The average molecular weight is 282 g/mol. The standard InChI is InChI=1S/C14H19FN2O3/c1-3-4-11(19)8-16-14(20)12-7-10(17-9(2)18)5-6-13(12)15/h5-7,11,19H,3-4,8H2,1-2H3,(H,16,20)(H,17,18). The summed E-state index contributed by atoms with van der Waals surface area (Å²) in [5, 5.41) is 14.5. The van der Waals surface area contributed by atoms with Crippen LogP contribution in [0.3, 0.4) is 0 Å². The van der Waals surface area contributed by atoms with Crippen molar-refractivity contribution in [3.63, 3.8) is 0 Å². The summed E-state index contributed by atoms with van der Waals surface area (Å²) < 4.78 is 13.6. The van der Waals surface area contributed by atoms with Crippen molar-refractivity contribution in [2.24, 2.45) is 0 Å². The average Bonchev–Trinajstić information content (AvgIpc) is 2.38. The number of nitrogens with one attached hydrogen (secondary N) is 2. The second kappa shape index (κ2) is 7.59. The van der Waals surface area contributed by atoms with E-state index in [1.807, 2.05) is 6.92 Å². The summed E-state index contributed by atoms with van der Waals surface area (Å²) in [7, 11) is 0. The number of halogens is 1. The van der Waals surface area contributed by atoms with Crippen molar-refractivity contribution in [3.05, 3.63) is 29.6 Å². The number of rotatable bonds is 6. The lowest BCUT2D eigenvalue weighted by molar-refractivity contribution is -0.114. The van der Waals surface area contributed by atoms with Crippen LogP contribution in [0.4, 0.5) is 10.1 Å². The molecule has 20 heavy (non-hydrogen) atoms. The number of hydrogen-bond acceptors (Lipinski definition) is 3. The predicted molar refractivity (Wildman–Crippen MR) is 74.0 cm³/mol. The van der Waals surface area contributed by atoms with Crippen molar-refractivity contribution >= 4 is 17.5 Å². The first-order valence-electron chi connectivity index (χ1n) is 6.47. The molecule has 0 radical (unpaired) electrons. The molecule has 110 valence electrons. The summed E-state index contributed by atoms with van der Waals surface area (Å²) in [5.74, 6) is -1.60. The van der Waals surface area contributed by atoms with Crippen LogP contribution >= 0.6 is 0 Å². The second-order valence-electron chi connectivity index (χ2n) is 4.53. The number of amides is 2. The van der Waals surface area contributed by atoms with E-state index in [2.05, 4.69) is 10.6 Å². The third-order valence-corrected chi connectivity index (χ3v) is 2.65. The van der Waals surface area contributed by atoms with E-state index in [0.29, 0.717) is 12.1 Å². The van der Waals surface area contributed by atoms with Gasteiger partial charge < -0.3 is 15.7 Å². The minimum absolute atomic E-state index is 0.0660. The van der Waals surface area contributed by atoms with E-state index in [9.17, 15) is 19.1 Å². The van der Waals surface area contributed by atoms with Crippen molar-refractivity contribution in [3.8, 4) is 0 Å². The Labute approximate surface area is 117 Å². The molecule has 3 N–H and O–H groups in total. The van der Waals surface area contributed by atoms with Crippen molar-refractivity contribution in [1.82, 2.24) is 5.32 Å². The number of carbonyl (C=O) groups is 2. The zero-order valence-corrected chi connectivity index (χ0v) is 11.6. The summed E-state index contributed by atoms with van der Waals surface area (Å²) in [5.41, 5.74) is 0.179. The maximum absolute atomic E-state index is 13.6. The van der Waals surface area contributed by atoms with Crippen LogP contribution in [-0.4, -0.2) is 29.6 Å². The Bertz CT molecular complexity index is 491. The maximum atomic E-state index is 13.6. The van der Waals surface area contributed by atoms with Crippen LogP contribution in [-0.2, 0) is 4.79 Å². The molecule has 1 aromatic rings. The minimum atomic E-state index is -0.679. The van der Waals surface area contributed by atoms with Gasteiger partial charge in [-0.3, -0.25) is 9.59 Å². The molecule has 1 rings (SSSR count). The molecule has 6 heteroatoms. The Hall–Kier alpha value is -1.95. The highest BCUT2D eigenvalue weighted by Crippen LogP contribution is 2.14. The van der Waals surface area contributed by atoms with Crippen molar-refractivity contribution < 1.29 is 19.1 Å². The SMILES string of the molecule is CCCC(O)CNC(=O)c1cc(NC(C)=O)ccc1F. The molecule has 5 nitrogen and oxygen atoms in total. The van der Waals surface area contributed by atoms with Crippen LogP contribution in [0, 0.1) is 5.82 Å². The number of aliphatic hydroxyl groups excluding tert-OH is 1. The molecule has 0 saturated carbocycles. The molecule has 0 fully saturated rings. The van der Waals surface area contributed by atoms with Gasteiger partial charge in [0.2, 0.25) is 5.91 Å². The first kappa shape index (κ1) is 16.1. The Morgan fingerprint density at radius 1 is 1.40 bits per heavy atom. The Morgan fingerprint density at radius 3 is 2.70 bits per heavy atom. The summed E-state index contributed by atoms with van der Waals surface area (Å²) in [6.07, 6.45) is 0.712. The number of benzene rings is 1. The molecule has 0 aliphatic carbocycles. The number of anilines is 1. The fourth-order valence-corrected chi connectivity index (χ4v) is 1.72. The fraction of sp³-hybridized carbons (Fsp3) is 0.429. The zero-order valence-electron chi connectivity index (χ0n) is 11.6. The third kappa shape index (κ3) is 4.97. The first-order valence-corrected chi connectivity index (χ1v) is 6.47. The molecule has 0 heterocycles. The van der Waals surface area contributed by atoms with E-state index >= 15 is 0 Å². The van der Waals surface area contributed by atoms with Gasteiger partial charge in [0.15, 0.2) is 0 Å². The Balaban J connectivity index is 2.73. The molecule has 0 saturated heterocycles. The monoisotopic (exact) mass is 282 g/mol. The first-order chi connectivity index (χ1) is 9.43. The Kier molecular flexibility index (Phi) is 6.11. The van der Waals surface area contributed by atoms with Gasteiger partial charge in [-0.25, -0.2) is 4.39 Å². The van der Waals surface area contributed by atoms with Gasteiger partial charge in [-0.2, -0.15) is 0 Å². The van der Waals surface area contributed by atoms with Crippen LogP contribution in [0.15, 0.2) is 18.2 Å². The molecule has 1 aromatic carbocycles. The molecule has 0 aliphatic rings. The van der Waals surface area contributed by atoms with Crippen LogP contribution in [0.1, 0.15) is 37.0 Å². The van der Waals surface area contributed by atoms with E-state index < -0.39 is 17.8 Å². The van der Waals surface area contributed by atoms with Crippen molar-refractivity contribution in [2.75, 3.05) is 11.9 Å². The highest BCUT2D eigenvalue weighted by atomic mass is 19.1. The second-order valence-corrected chi connectivity index (χ2v) is 4.53. The van der Waals surface area contributed by atoms with E-state index in [1.165, 1.54) is 19.1 Å². The van der Waals surface area contributed by atoms with Crippen molar-refractivity contribution in [2.45, 2.75) is 32.8 Å². The lowest BCUT2D eigenvalue weighted by Gasteiger charge is -2.12. The summed E-state index contributed by atoms with van der Waals surface area (Å²) >= 11 is 0. The van der Waals surface area contributed by atoms with E-state index in [4.69, 9.17) is 0 Å². The van der Waals surface area contributed by atoms with Crippen LogP contribution in [0.5, 0.6) is 0 Å². The molecule has 0 aromatic heterocycles. The van der Waals surface area contributed by atoms with E-state index in [-0.39, 0.29) is 18.0 Å². The highest BCUT2D eigenvalue weighted by molar-refractivity contribution is 5.97. The lowest BCUT2D eigenvalue weighted by atomic mass is 10.1. The van der Waals surface area contributed by atoms with Gasteiger partial charge in [0.25, 0.3) is 5.91 Å². The molecule has 0 bridgehead atoms. The molecular weight excluding hydrogens is 263 g/mol. The van der Waals surface area contributed by atoms with E-state index in [1.54, 1.807) is 0 Å². The third-order valence-electron chi connectivity index (χ3n) is 2.65. The zero-order chi connectivity index (χ0) is 15.1. The molecule has 0 aliphatic heterocycles. The number of carbonyl (C=O) groups excluding carboxylic acids is 2. The number of aliphatic hydroxyl groups is 1. The smallest absolute Gasteiger partial charge is 0.254 e. The summed E-state index contributed by atoms with van der Waals surface area (Å²) in [6.45, 7) is 3.31. The van der Waals surface area contributed by atoms with Gasteiger partial charge in [-0.05, 0) is 24.6 Å². The summed E-state index contributed by atoms with van der Waals surface area (Å²) in [4.78, 5) is 22.8. The lowest BCUT2D eigenvalue weighted by Crippen LogP contribution is -2.32. The fourth-order valence-electron chi connectivity index (χ4n) is 1.72.